The summed E-state index contributed by atoms with van der Waals surface area (Å²) in [5.41, 5.74) is 1.75. The molecule has 0 fully saturated rings. The zero-order chi connectivity index (χ0) is 15.6. The van der Waals surface area contributed by atoms with Crippen LogP contribution in [0.25, 0.3) is 0 Å². The average Bonchev–Trinajstić information content (AvgIpc) is 2.85. The number of aryl methyl sites for hydroxylation is 1. The van der Waals surface area contributed by atoms with Crippen LogP contribution in [0.4, 0.5) is 0 Å². The Hall–Kier alpha value is -1.40. The smallest absolute Gasteiger partial charge is 0.339 e. The van der Waals surface area contributed by atoms with Crippen molar-refractivity contribution in [3.63, 3.8) is 0 Å². The van der Waals surface area contributed by atoms with Crippen molar-refractivity contribution >= 4 is 33.2 Å². The van der Waals surface area contributed by atoms with Crippen molar-refractivity contribution in [2.75, 3.05) is 0 Å². The summed E-state index contributed by atoms with van der Waals surface area (Å²) >= 11 is 4.90. The van der Waals surface area contributed by atoms with Crippen LogP contribution in [0.1, 0.15) is 46.4 Å². The number of aromatic carboxylic acids is 1. The number of ether oxygens (including phenoxy) is 1. The zero-order valence-corrected chi connectivity index (χ0v) is 14.4. The monoisotopic (exact) mass is 369 g/mol. The maximum atomic E-state index is 11.3. The van der Waals surface area contributed by atoms with E-state index >= 15 is 0 Å². The number of nitrogens with zero attached hydrogens (tertiary/aromatic N) is 1. The molecule has 0 radical (unpaired) electrons. The number of hydrogen-bond acceptors (Lipinski definition) is 4. The Morgan fingerprint density at radius 3 is 2.76 bits per heavy atom. The van der Waals surface area contributed by atoms with Crippen LogP contribution in [0.2, 0.25) is 0 Å². The Bertz CT molecular complexity index is 667. The van der Waals surface area contributed by atoms with E-state index in [0.717, 1.165) is 20.7 Å². The standard InChI is InChI=1S/C15H16BrNO3S/c1-8(2)14-17-11(7-21-14)6-20-13-9(3)4-10(16)5-12(13)15(18)19/h4-5,7-8H,6H2,1-3H3,(H,18,19). The lowest BCUT2D eigenvalue weighted by molar-refractivity contribution is 0.0691. The lowest BCUT2D eigenvalue weighted by Crippen LogP contribution is -2.05. The van der Waals surface area contributed by atoms with Crippen molar-refractivity contribution < 1.29 is 14.6 Å². The number of carbonyl (C=O) groups is 1. The predicted molar refractivity (Wildman–Crippen MR) is 86.4 cm³/mol. The van der Waals surface area contributed by atoms with Gasteiger partial charge >= 0.3 is 5.97 Å². The average molecular weight is 370 g/mol. The van der Waals surface area contributed by atoms with Crippen molar-refractivity contribution in [1.82, 2.24) is 4.98 Å². The maximum absolute atomic E-state index is 11.3. The minimum Gasteiger partial charge on any atom is -0.486 e. The number of rotatable bonds is 5. The highest BCUT2D eigenvalue weighted by molar-refractivity contribution is 9.10. The summed E-state index contributed by atoms with van der Waals surface area (Å²) in [6.45, 7) is 6.27. The molecule has 0 amide bonds. The Kier molecular flexibility index (Phi) is 5.00. The summed E-state index contributed by atoms with van der Waals surface area (Å²) in [4.78, 5) is 15.8. The van der Waals surface area contributed by atoms with Gasteiger partial charge < -0.3 is 9.84 Å². The minimum absolute atomic E-state index is 0.154. The first kappa shape index (κ1) is 16.0. The molecule has 21 heavy (non-hydrogen) atoms. The lowest BCUT2D eigenvalue weighted by Gasteiger charge is -2.11. The molecule has 0 unspecified atom stereocenters. The first-order chi connectivity index (χ1) is 9.88. The third kappa shape index (κ3) is 3.83. The fourth-order valence-electron chi connectivity index (χ4n) is 1.88. The Morgan fingerprint density at radius 1 is 1.48 bits per heavy atom. The Balaban J connectivity index is 2.21. The first-order valence-corrected chi connectivity index (χ1v) is 8.16. The summed E-state index contributed by atoms with van der Waals surface area (Å²) in [5.74, 6) is -0.229. The topological polar surface area (TPSA) is 59.4 Å². The molecule has 1 aromatic heterocycles. The molecule has 0 spiro atoms. The van der Waals surface area contributed by atoms with Crippen molar-refractivity contribution in [3.05, 3.63) is 43.8 Å². The molecule has 2 aromatic rings. The Labute approximate surface area is 135 Å². The van der Waals surface area contributed by atoms with Gasteiger partial charge in [-0.25, -0.2) is 9.78 Å². The molecule has 2 rings (SSSR count). The number of carboxylic acids is 1. The molecule has 0 aliphatic rings. The lowest BCUT2D eigenvalue weighted by atomic mass is 10.1. The van der Waals surface area contributed by atoms with Crippen LogP contribution in [-0.4, -0.2) is 16.1 Å². The van der Waals surface area contributed by atoms with E-state index in [1.54, 1.807) is 17.4 Å². The van der Waals surface area contributed by atoms with E-state index in [4.69, 9.17) is 4.74 Å². The van der Waals surface area contributed by atoms with Crippen molar-refractivity contribution in [1.29, 1.82) is 0 Å². The van der Waals surface area contributed by atoms with Crippen molar-refractivity contribution in [3.8, 4) is 5.75 Å². The van der Waals surface area contributed by atoms with Gasteiger partial charge in [-0.15, -0.1) is 11.3 Å². The molecule has 0 atom stereocenters. The molecule has 0 aliphatic carbocycles. The fraction of sp³-hybridized carbons (Fsp3) is 0.333. The molecule has 1 aromatic carbocycles. The van der Waals surface area contributed by atoms with Gasteiger partial charge in [0.15, 0.2) is 0 Å². The van der Waals surface area contributed by atoms with Crippen molar-refractivity contribution in [2.24, 2.45) is 0 Å². The van der Waals surface area contributed by atoms with E-state index in [1.807, 2.05) is 18.4 Å². The van der Waals surface area contributed by atoms with Gasteiger partial charge in [0.2, 0.25) is 0 Å². The highest BCUT2D eigenvalue weighted by atomic mass is 79.9. The van der Waals surface area contributed by atoms with Crippen LogP contribution in [0.15, 0.2) is 22.0 Å². The fourth-order valence-corrected chi connectivity index (χ4v) is 3.27. The molecule has 6 heteroatoms. The second-order valence-electron chi connectivity index (χ2n) is 5.02. The largest absolute Gasteiger partial charge is 0.486 e. The molecule has 1 N–H and O–H groups in total. The third-order valence-corrected chi connectivity index (χ3v) is 4.55. The van der Waals surface area contributed by atoms with Gasteiger partial charge in [-0.3, -0.25) is 0 Å². The maximum Gasteiger partial charge on any atom is 0.339 e. The van der Waals surface area contributed by atoms with Gasteiger partial charge in [0.1, 0.15) is 17.9 Å². The molecule has 1 heterocycles. The van der Waals surface area contributed by atoms with E-state index < -0.39 is 5.97 Å². The van der Waals surface area contributed by atoms with Crippen LogP contribution in [0.3, 0.4) is 0 Å². The number of hydrogen-bond donors (Lipinski definition) is 1. The molecule has 0 aliphatic heterocycles. The van der Waals surface area contributed by atoms with Gasteiger partial charge in [-0.1, -0.05) is 29.8 Å². The van der Waals surface area contributed by atoms with Crippen LogP contribution in [0.5, 0.6) is 5.75 Å². The molecule has 0 saturated heterocycles. The van der Waals surface area contributed by atoms with Crippen LogP contribution in [-0.2, 0) is 6.61 Å². The summed E-state index contributed by atoms with van der Waals surface area (Å²) in [7, 11) is 0. The highest BCUT2D eigenvalue weighted by Crippen LogP contribution is 2.29. The van der Waals surface area contributed by atoms with Gasteiger partial charge in [0, 0.05) is 15.8 Å². The molecular formula is C15H16BrNO3S. The van der Waals surface area contributed by atoms with Gasteiger partial charge in [-0.2, -0.15) is 0 Å². The highest BCUT2D eigenvalue weighted by Gasteiger charge is 2.16. The quantitative estimate of drug-likeness (QED) is 0.835. The molecule has 4 nitrogen and oxygen atoms in total. The van der Waals surface area contributed by atoms with Crippen LogP contribution >= 0.6 is 27.3 Å². The van der Waals surface area contributed by atoms with E-state index in [-0.39, 0.29) is 12.2 Å². The van der Waals surface area contributed by atoms with E-state index in [0.29, 0.717) is 11.7 Å². The van der Waals surface area contributed by atoms with Crippen LogP contribution < -0.4 is 4.74 Å². The summed E-state index contributed by atoms with van der Waals surface area (Å²) < 4.78 is 6.43. The van der Waals surface area contributed by atoms with Gasteiger partial charge in [-0.05, 0) is 24.6 Å². The normalized spacial score (nSPS) is 10.9. The van der Waals surface area contributed by atoms with E-state index in [1.165, 1.54) is 0 Å². The number of aromatic nitrogens is 1. The second kappa shape index (κ2) is 6.58. The molecular weight excluding hydrogens is 354 g/mol. The summed E-state index contributed by atoms with van der Waals surface area (Å²) in [6.07, 6.45) is 0. The molecule has 112 valence electrons. The summed E-state index contributed by atoms with van der Waals surface area (Å²) in [5, 5.41) is 12.3. The van der Waals surface area contributed by atoms with Crippen LogP contribution in [0, 0.1) is 6.92 Å². The second-order valence-corrected chi connectivity index (χ2v) is 6.83. The van der Waals surface area contributed by atoms with Gasteiger partial charge in [0.05, 0.1) is 10.7 Å². The van der Waals surface area contributed by atoms with E-state index in [2.05, 4.69) is 34.8 Å². The SMILES string of the molecule is Cc1cc(Br)cc(C(=O)O)c1OCc1csc(C(C)C)n1. The number of benzene rings is 1. The first-order valence-electron chi connectivity index (χ1n) is 6.49. The van der Waals surface area contributed by atoms with Crippen molar-refractivity contribution in [2.45, 2.75) is 33.3 Å². The predicted octanol–water partition coefficient (Wildman–Crippen LogP) is 4.61. The van der Waals surface area contributed by atoms with Gasteiger partial charge in [0.25, 0.3) is 0 Å². The molecule has 0 bridgehead atoms. The number of halogens is 1. The summed E-state index contributed by atoms with van der Waals surface area (Å²) in [6, 6.07) is 3.38. The minimum atomic E-state index is -1.00. The molecule has 0 saturated carbocycles. The zero-order valence-electron chi connectivity index (χ0n) is 12.0. The number of carboxylic acid groups (broad SMARTS) is 1. The third-order valence-electron chi connectivity index (χ3n) is 2.90. The van der Waals surface area contributed by atoms with E-state index in [9.17, 15) is 9.90 Å². The number of thiazole rings is 1. The Morgan fingerprint density at radius 2 is 2.19 bits per heavy atom.